The molecule has 0 unspecified atom stereocenters. The number of oxime groups is 1. The van der Waals surface area contributed by atoms with E-state index < -0.39 is 0 Å². The van der Waals surface area contributed by atoms with Crippen LogP contribution in [-0.2, 0) is 6.54 Å². The predicted molar refractivity (Wildman–Crippen MR) is 79.1 cm³/mol. The first-order chi connectivity index (χ1) is 9.60. The Morgan fingerprint density at radius 1 is 1.55 bits per heavy atom. The van der Waals surface area contributed by atoms with Crippen LogP contribution in [0.2, 0.25) is 0 Å². The maximum Gasteiger partial charge on any atom is 0.193 e. The Morgan fingerprint density at radius 3 is 2.95 bits per heavy atom. The van der Waals surface area contributed by atoms with Crippen molar-refractivity contribution in [3.63, 3.8) is 0 Å². The van der Waals surface area contributed by atoms with Gasteiger partial charge < -0.3 is 10.9 Å². The zero-order valence-corrected chi connectivity index (χ0v) is 12.3. The summed E-state index contributed by atoms with van der Waals surface area (Å²) in [6.45, 7) is 4.81. The van der Waals surface area contributed by atoms with Gasteiger partial charge in [-0.25, -0.2) is 4.98 Å². The number of piperidine rings is 1. The van der Waals surface area contributed by atoms with Gasteiger partial charge in [0.25, 0.3) is 0 Å². The van der Waals surface area contributed by atoms with Crippen molar-refractivity contribution in [3.05, 3.63) is 23.5 Å². The van der Waals surface area contributed by atoms with Crippen LogP contribution in [0.4, 0.5) is 0 Å². The zero-order valence-electron chi connectivity index (χ0n) is 11.5. The van der Waals surface area contributed by atoms with Crippen LogP contribution in [0.3, 0.4) is 0 Å². The molecule has 0 saturated carbocycles. The molecule has 2 aromatic rings. The van der Waals surface area contributed by atoms with Gasteiger partial charge in [0.1, 0.15) is 5.84 Å². The highest BCUT2D eigenvalue weighted by Crippen LogP contribution is 2.31. The van der Waals surface area contributed by atoms with E-state index >= 15 is 0 Å². The van der Waals surface area contributed by atoms with Gasteiger partial charge in [-0.05, 0) is 25.9 Å². The Kier molecular flexibility index (Phi) is 3.39. The van der Waals surface area contributed by atoms with Gasteiger partial charge in [0.15, 0.2) is 4.96 Å². The lowest BCUT2D eigenvalue weighted by Crippen LogP contribution is -2.45. The van der Waals surface area contributed by atoms with Crippen LogP contribution in [0.5, 0.6) is 0 Å². The third-order valence-corrected chi connectivity index (χ3v) is 4.99. The molecular weight excluding hydrogens is 274 g/mol. The van der Waals surface area contributed by atoms with Gasteiger partial charge in [-0.15, -0.1) is 11.3 Å². The van der Waals surface area contributed by atoms with Crippen molar-refractivity contribution in [3.8, 4) is 0 Å². The normalized spacial score (nSPS) is 20.6. The van der Waals surface area contributed by atoms with Crippen LogP contribution >= 0.6 is 11.3 Å². The molecule has 108 valence electrons. The van der Waals surface area contributed by atoms with Crippen LogP contribution in [0, 0.1) is 5.41 Å². The number of aromatic nitrogens is 2. The molecule has 0 aromatic carbocycles. The summed E-state index contributed by atoms with van der Waals surface area (Å²) in [4.78, 5) is 8.02. The highest BCUT2D eigenvalue weighted by atomic mass is 32.1. The summed E-state index contributed by atoms with van der Waals surface area (Å²) in [6.07, 6.45) is 5.93. The first-order valence-electron chi connectivity index (χ1n) is 6.72. The molecule has 1 saturated heterocycles. The lowest BCUT2D eigenvalue weighted by atomic mass is 9.79. The molecule has 6 nitrogen and oxygen atoms in total. The minimum Gasteiger partial charge on any atom is -0.409 e. The zero-order chi connectivity index (χ0) is 14.2. The Balaban J connectivity index is 1.62. The van der Waals surface area contributed by atoms with Crippen molar-refractivity contribution in [1.82, 2.24) is 14.3 Å². The summed E-state index contributed by atoms with van der Waals surface area (Å²) in [6, 6.07) is 0. The number of thiazole rings is 1. The standard InChI is InChI=1S/C13H19N5OS/c1-13(11(14)16-19)2-4-17(5-3-13)8-10-9-18-6-7-20-12(18)15-10/h6-7,9,19H,2-5,8H2,1H3,(H2,14,16). The fourth-order valence-corrected chi connectivity index (χ4v) is 3.38. The molecule has 3 N–H and O–H groups in total. The summed E-state index contributed by atoms with van der Waals surface area (Å²) < 4.78 is 2.06. The second kappa shape index (κ2) is 5.06. The van der Waals surface area contributed by atoms with Gasteiger partial charge in [-0.1, -0.05) is 12.1 Å². The van der Waals surface area contributed by atoms with Crippen molar-refractivity contribution in [1.29, 1.82) is 0 Å². The fourth-order valence-electron chi connectivity index (χ4n) is 2.66. The molecule has 0 bridgehead atoms. The molecule has 0 atom stereocenters. The van der Waals surface area contributed by atoms with Crippen LogP contribution < -0.4 is 5.73 Å². The molecule has 3 heterocycles. The molecule has 0 radical (unpaired) electrons. The molecule has 7 heteroatoms. The molecule has 1 fully saturated rings. The largest absolute Gasteiger partial charge is 0.409 e. The maximum atomic E-state index is 8.85. The van der Waals surface area contributed by atoms with Gasteiger partial charge in [-0.3, -0.25) is 9.30 Å². The van der Waals surface area contributed by atoms with Crippen molar-refractivity contribution < 1.29 is 5.21 Å². The second-order valence-electron chi connectivity index (χ2n) is 5.65. The summed E-state index contributed by atoms with van der Waals surface area (Å²) >= 11 is 1.65. The van der Waals surface area contributed by atoms with Gasteiger partial charge in [0.05, 0.1) is 5.69 Å². The van der Waals surface area contributed by atoms with Gasteiger partial charge in [0.2, 0.25) is 0 Å². The summed E-state index contributed by atoms with van der Waals surface area (Å²) in [5.41, 5.74) is 6.70. The summed E-state index contributed by atoms with van der Waals surface area (Å²) in [5.74, 6) is 0.347. The van der Waals surface area contributed by atoms with E-state index in [0.29, 0.717) is 5.84 Å². The molecule has 0 amide bonds. The Morgan fingerprint density at radius 2 is 2.30 bits per heavy atom. The molecular formula is C13H19N5OS. The van der Waals surface area contributed by atoms with Crippen LogP contribution in [0.1, 0.15) is 25.5 Å². The summed E-state index contributed by atoms with van der Waals surface area (Å²) in [5, 5.41) is 14.1. The van der Waals surface area contributed by atoms with Gasteiger partial charge >= 0.3 is 0 Å². The van der Waals surface area contributed by atoms with Crippen LogP contribution in [0.25, 0.3) is 4.96 Å². The topological polar surface area (TPSA) is 79.2 Å². The van der Waals surface area contributed by atoms with E-state index in [2.05, 4.69) is 32.6 Å². The third-order valence-electron chi connectivity index (χ3n) is 4.21. The Bertz CT molecular complexity index is 595. The van der Waals surface area contributed by atoms with Gasteiger partial charge in [0, 0.05) is 29.7 Å². The minimum atomic E-state index is -0.181. The second-order valence-corrected chi connectivity index (χ2v) is 6.52. The SMILES string of the molecule is CC1(/C(N)=N/O)CCN(Cc2cn3ccsc3n2)CC1. The number of likely N-dealkylation sites (tertiary alicyclic amines) is 1. The molecule has 0 aliphatic carbocycles. The average molecular weight is 293 g/mol. The predicted octanol–water partition coefficient (Wildman–Crippen LogP) is 1.74. The highest BCUT2D eigenvalue weighted by molar-refractivity contribution is 7.15. The summed E-state index contributed by atoms with van der Waals surface area (Å²) in [7, 11) is 0. The lowest BCUT2D eigenvalue weighted by molar-refractivity contribution is 0.151. The molecule has 3 rings (SSSR count). The number of hydrogen-bond acceptors (Lipinski definition) is 5. The van der Waals surface area contributed by atoms with E-state index in [4.69, 9.17) is 10.9 Å². The van der Waals surface area contributed by atoms with Crippen LogP contribution in [0.15, 0.2) is 22.9 Å². The van der Waals surface area contributed by atoms with E-state index in [1.165, 1.54) is 0 Å². The highest BCUT2D eigenvalue weighted by Gasteiger charge is 2.34. The lowest BCUT2D eigenvalue weighted by Gasteiger charge is -2.38. The van der Waals surface area contributed by atoms with Gasteiger partial charge in [-0.2, -0.15) is 0 Å². The average Bonchev–Trinajstić information content (AvgIpc) is 3.01. The number of nitrogens with two attached hydrogens (primary N) is 1. The van der Waals surface area contributed by atoms with Crippen molar-refractivity contribution >= 4 is 22.1 Å². The molecule has 1 aliphatic rings. The smallest absolute Gasteiger partial charge is 0.193 e. The Labute approximate surface area is 121 Å². The first kappa shape index (κ1) is 13.4. The fraction of sp³-hybridized carbons (Fsp3) is 0.538. The number of rotatable bonds is 3. The number of imidazole rings is 1. The third kappa shape index (κ3) is 2.38. The van der Waals surface area contributed by atoms with Crippen molar-refractivity contribution in [2.45, 2.75) is 26.3 Å². The van der Waals surface area contributed by atoms with Crippen LogP contribution in [-0.4, -0.2) is 38.4 Å². The maximum absolute atomic E-state index is 8.85. The number of fused-ring (bicyclic) bond motifs is 1. The number of amidine groups is 1. The van der Waals surface area contributed by atoms with E-state index in [1.54, 1.807) is 11.3 Å². The van der Waals surface area contributed by atoms with E-state index in [0.717, 1.165) is 43.1 Å². The Hall–Kier alpha value is -1.60. The monoisotopic (exact) mass is 293 g/mol. The number of hydrogen-bond donors (Lipinski definition) is 2. The van der Waals surface area contributed by atoms with E-state index in [-0.39, 0.29) is 5.41 Å². The molecule has 0 spiro atoms. The number of nitrogens with zero attached hydrogens (tertiary/aromatic N) is 4. The van der Waals surface area contributed by atoms with Crippen molar-refractivity contribution in [2.24, 2.45) is 16.3 Å². The quantitative estimate of drug-likeness (QED) is 0.391. The molecule has 20 heavy (non-hydrogen) atoms. The first-order valence-corrected chi connectivity index (χ1v) is 7.60. The van der Waals surface area contributed by atoms with E-state index in [1.807, 2.05) is 11.6 Å². The van der Waals surface area contributed by atoms with Crippen molar-refractivity contribution in [2.75, 3.05) is 13.1 Å². The molecule has 2 aromatic heterocycles. The molecule has 1 aliphatic heterocycles. The minimum absolute atomic E-state index is 0.181. The van der Waals surface area contributed by atoms with E-state index in [9.17, 15) is 0 Å².